The summed E-state index contributed by atoms with van der Waals surface area (Å²) in [7, 11) is 0. The highest BCUT2D eigenvalue weighted by atomic mass is 19.4. The summed E-state index contributed by atoms with van der Waals surface area (Å²) in [5, 5.41) is 33.2. The average molecular weight is 739 g/mol. The van der Waals surface area contributed by atoms with E-state index >= 15 is 0 Å². The summed E-state index contributed by atoms with van der Waals surface area (Å²) in [6, 6.07) is 11.2. The number of nitrogens with one attached hydrogen (secondary N) is 2. The Bertz CT molecular complexity index is 1610. The Balaban J connectivity index is 0.000000197. The van der Waals surface area contributed by atoms with Gasteiger partial charge < -0.3 is 10.6 Å². The lowest BCUT2D eigenvalue weighted by atomic mass is 10.0. The number of hydrogen-bond donors (Lipinski definition) is 2. The van der Waals surface area contributed by atoms with Gasteiger partial charge in [-0.2, -0.15) is 46.8 Å². The Morgan fingerprint density at radius 1 is 0.596 bits per heavy atom. The van der Waals surface area contributed by atoms with E-state index in [0.29, 0.717) is 18.5 Å². The molecule has 12 nitrogen and oxygen atoms in total. The number of hydrogen-bond acceptors (Lipinski definition) is 10. The van der Waals surface area contributed by atoms with Crippen molar-refractivity contribution < 1.29 is 35.9 Å². The summed E-state index contributed by atoms with van der Waals surface area (Å²) in [4.78, 5) is 22.7. The molecule has 284 valence electrons. The van der Waals surface area contributed by atoms with Crippen molar-refractivity contribution in [1.82, 2.24) is 10.6 Å². The van der Waals surface area contributed by atoms with Gasteiger partial charge in [-0.25, -0.2) is 0 Å². The highest BCUT2D eigenvalue weighted by molar-refractivity contribution is 5.94. The van der Waals surface area contributed by atoms with Crippen LogP contribution in [0.3, 0.4) is 0 Å². The average Bonchev–Trinajstić information content (AvgIpc) is 3.90. The molecule has 2 amide bonds. The van der Waals surface area contributed by atoms with Gasteiger partial charge in [0.2, 0.25) is 5.91 Å². The Hall–Kier alpha value is -4.64. The standard InChI is InChI=1S/C12H12F3N3O.C9H7F3N2.C8H15N3O.C5H10N2/c1-2-7-16-10(19)8-3-5-9(6-4-8)11(17-18-11)12(13,14)15;1-6-2-4-7(5-3-6)8(13-14-8)9(10,11)12;1-3-6-9-7(12)4-5-8(2)10-11-8;1-3-4-5(2)6-7-5/h3-6H,2,7H2,1H3,(H,16,19);2-5H,1H3;3-6H2,1-2H3,(H,9,12);3-4H2,1-2H3. The van der Waals surface area contributed by atoms with E-state index in [1.807, 2.05) is 27.7 Å². The van der Waals surface area contributed by atoms with Crippen LogP contribution in [0.1, 0.15) is 100 Å². The fraction of sp³-hybridized carbons (Fsp3) is 0.588. The summed E-state index contributed by atoms with van der Waals surface area (Å²) in [6.45, 7) is 13.2. The van der Waals surface area contributed by atoms with Gasteiger partial charge in [0.1, 0.15) is 0 Å². The van der Waals surface area contributed by atoms with E-state index in [2.05, 4.69) is 65.4 Å². The van der Waals surface area contributed by atoms with Crippen molar-refractivity contribution in [3.63, 3.8) is 0 Å². The molecule has 0 unspecified atom stereocenters. The number of nitrogens with zero attached hydrogens (tertiary/aromatic N) is 8. The van der Waals surface area contributed by atoms with Crippen LogP contribution in [0, 0.1) is 6.92 Å². The van der Waals surface area contributed by atoms with Crippen molar-refractivity contribution in [3.8, 4) is 0 Å². The molecule has 0 bridgehead atoms. The van der Waals surface area contributed by atoms with Crippen LogP contribution < -0.4 is 10.6 Å². The highest BCUT2D eigenvalue weighted by Gasteiger charge is 2.65. The number of alkyl halides is 6. The molecule has 0 atom stereocenters. The summed E-state index contributed by atoms with van der Waals surface area (Å²) >= 11 is 0. The van der Waals surface area contributed by atoms with Crippen LogP contribution in [0.15, 0.2) is 89.4 Å². The molecular weight excluding hydrogens is 694 g/mol. The van der Waals surface area contributed by atoms with Crippen LogP contribution >= 0.6 is 0 Å². The monoisotopic (exact) mass is 738 g/mol. The minimum absolute atomic E-state index is 0.0503. The molecule has 2 aromatic carbocycles. The fourth-order valence-electron chi connectivity index (χ4n) is 4.41. The van der Waals surface area contributed by atoms with E-state index in [-0.39, 0.29) is 34.3 Å². The summed E-state index contributed by atoms with van der Waals surface area (Å²) in [6.07, 6.45) is -3.62. The van der Waals surface area contributed by atoms with Gasteiger partial charge in [0.15, 0.2) is 11.3 Å². The van der Waals surface area contributed by atoms with Crippen LogP contribution in [0.2, 0.25) is 0 Å². The number of halogens is 6. The number of aryl methyl sites for hydroxylation is 1. The maximum atomic E-state index is 12.7. The largest absolute Gasteiger partial charge is 0.442 e. The first kappa shape index (κ1) is 41.8. The zero-order valence-electron chi connectivity index (χ0n) is 29.9. The van der Waals surface area contributed by atoms with E-state index in [9.17, 15) is 35.9 Å². The SMILES string of the molecule is CCCC1(C)N=N1.CCCNC(=O)CCC1(C)N=N1.CCCNC(=O)c1ccc(C2(C(F)(F)F)N=N2)cc1.Cc1ccc(C2(C(F)(F)F)N=N2)cc1. The molecule has 0 saturated heterocycles. The first-order valence-corrected chi connectivity index (χ1v) is 16.9. The van der Waals surface area contributed by atoms with Crippen molar-refractivity contribution in [2.45, 2.75) is 115 Å². The van der Waals surface area contributed by atoms with Crippen molar-refractivity contribution in [2.75, 3.05) is 13.1 Å². The van der Waals surface area contributed by atoms with Crippen molar-refractivity contribution >= 4 is 11.8 Å². The first-order chi connectivity index (χ1) is 24.3. The molecule has 0 saturated carbocycles. The van der Waals surface area contributed by atoms with Crippen molar-refractivity contribution in [2.24, 2.45) is 40.9 Å². The number of amides is 2. The molecule has 52 heavy (non-hydrogen) atoms. The maximum Gasteiger partial charge on any atom is 0.442 e. The van der Waals surface area contributed by atoms with Gasteiger partial charge in [-0.05, 0) is 52.2 Å². The van der Waals surface area contributed by atoms with Gasteiger partial charge in [0.05, 0.1) is 0 Å². The molecule has 2 aromatic rings. The lowest BCUT2D eigenvalue weighted by Gasteiger charge is -2.14. The molecule has 0 aromatic heterocycles. The molecule has 2 N–H and O–H groups in total. The lowest BCUT2D eigenvalue weighted by Crippen LogP contribution is -2.30. The van der Waals surface area contributed by atoms with Gasteiger partial charge in [-0.3, -0.25) is 9.59 Å². The van der Waals surface area contributed by atoms with Gasteiger partial charge in [-0.15, -0.1) is 20.5 Å². The van der Waals surface area contributed by atoms with Gasteiger partial charge >= 0.3 is 23.7 Å². The lowest BCUT2D eigenvalue weighted by molar-refractivity contribution is -0.166. The van der Waals surface area contributed by atoms with Crippen molar-refractivity contribution in [1.29, 1.82) is 0 Å². The van der Waals surface area contributed by atoms with Gasteiger partial charge in [-0.1, -0.05) is 69.2 Å². The Kier molecular flexibility index (Phi) is 13.5. The summed E-state index contributed by atoms with van der Waals surface area (Å²) in [5.74, 6) is -0.200. The Morgan fingerprint density at radius 3 is 1.35 bits per heavy atom. The maximum absolute atomic E-state index is 12.7. The third kappa shape index (κ3) is 11.7. The van der Waals surface area contributed by atoms with Crippen LogP contribution in [-0.4, -0.2) is 48.6 Å². The van der Waals surface area contributed by atoms with E-state index < -0.39 is 23.7 Å². The second kappa shape index (κ2) is 16.8. The van der Waals surface area contributed by atoms with Crippen molar-refractivity contribution in [3.05, 3.63) is 70.8 Å². The predicted molar refractivity (Wildman–Crippen MR) is 179 cm³/mol. The van der Waals surface area contributed by atoms with Crippen LogP contribution in [-0.2, 0) is 16.1 Å². The van der Waals surface area contributed by atoms with E-state index in [1.165, 1.54) is 42.8 Å². The predicted octanol–water partition coefficient (Wildman–Crippen LogP) is 9.63. The topological polar surface area (TPSA) is 157 Å². The number of benzene rings is 2. The molecule has 0 aliphatic carbocycles. The quantitative estimate of drug-likeness (QED) is 0.208. The zero-order valence-corrected chi connectivity index (χ0v) is 29.9. The fourth-order valence-corrected chi connectivity index (χ4v) is 4.41. The molecule has 4 aliphatic heterocycles. The number of carbonyl (C=O) groups is 2. The van der Waals surface area contributed by atoms with E-state index in [4.69, 9.17) is 0 Å². The molecule has 0 spiro atoms. The summed E-state index contributed by atoms with van der Waals surface area (Å²) in [5.41, 5.74) is -3.66. The third-order valence-electron chi connectivity index (χ3n) is 7.93. The second-order valence-corrected chi connectivity index (χ2v) is 12.9. The minimum atomic E-state index is -4.54. The number of rotatable bonds is 12. The minimum Gasteiger partial charge on any atom is -0.356 e. The van der Waals surface area contributed by atoms with E-state index in [0.717, 1.165) is 37.8 Å². The molecule has 0 fully saturated rings. The smallest absolute Gasteiger partial charge is 0.356 e. The van der Waals surface area contributed by atoms with Crippen LogP contribution in [0.5, 0.6) is 0 Å². The summed E-state index contributed by atoms with van der Waals surface area (Å²) < 4.78 is 75.7. The van der Waals surface area contributed by atoms with Gasteiger partial charge in [0, 0.05) is 42.6 Å². The second-order valence-electron chi connectivity index (χ2n) is 12.9. The molecule has 18 heteroatoms. The van der Waals surface area contributed by atoms with Gasteiger partial charge in [0.25, 0.3) is 5.91 Å². The van der Waals surface area contributed by atoms with Crippen LogP contribution in [0.25, 0.3) is 0 Å². The highest BCUT2D eigenvalue weighted by Crippen LogP contribution is 2.53. The molecular formula is C34H44F6N10O2. The molecule has 6 rings (SSSR count). The number of carbonyl (C=O) groups excluding carboxylic acids is 2. The third-order valence-corrected chi connectivity index (χ3v) is 7.93. The Morgan fingerprint density at radius 2 is 1.00 bits per heavy atom. The zero-order chi connectivity index (χ0) is 38.8. The van der Waals surface area contributed by atoms with Crippen LogP contribution in [0.4, 0.5) is 26.3 Å². The Labute approximate surface area is 298 Å². The van der Waals surface area contributed by atoms with E-state index in [1.54, 1.807) is 12.1 Å². The normalized spacial score (nSPS) is 17.9. The molecule has 0 radical (unpaired) electrons. The first-order valence-electron chi connectivity index (χ1n) is 16.9. The molecule has 4 heterocycles. The molecule has 4 aliphatic rings.